The van der Waals surface area contributed by atoms with Crippen molar-refractivity contribution < 1.29 is 0 Å². The van der Waals surface area contributed by atoms with E-state index in [-0.39, 0.29) is 0 Å². The first kappa shape index (κ1) is 12.4. The lowest BCUT2D eigenvalue weighted by Crippen LogP contribution is -2.50. The van der Waals surface area contributed by atoms with Crippen LogP contribution in [0.25, 0.3) is 0 Å². The standard InChI is InChI=1S/C14H28N2/c1-12-8-9-15-10-14(12)16(2)11-13-6-4-3-5-7-13/h12-15H,3-11H2,1-2H3. The van der Waals surface area contributed by atoms with Crippen molar-refractivity contribution in [3.8, 4) is 0 Å². The van der Waals surface area contributed by atoms with Gasteiger partial charge in [0.1, 0.15) is 0 Å². The van der Waals surface area contributed by atoms with Crippen LogP contribution in [0.15, 0.2) is 0 Å². The summed E-state index contributed by atoms with van der Waals surface area (Å²) >= 11 is 0. The lowest BCUT2D eigenvalue weighted by molar-refractivity contribution is 0.121. The highest BCUT2D eigenvalue weighted by Gasteiger charge is 2.26. The third-order valence-electron chi connectivity index (χ3n) is 4.62. The van der Waals surface area contributed by atoms with Gasteiger partial charge in [0.05, 0.1) is 0 Å². The molecule has 2 nitrogen and oxygen atoms in total. The van der Waals surface area contributed by atoms with Gasteiger partial charge in [0, 0.05) is 19.1 Å². The molecule has 1 aliphatic heterocycles. The number of hydrogen-bond acceptors (Lipinski definition) is 2. The minimum atomic E-state index is 0.774. The van der Waals surface area contributed by atoms with Crippen molar-refractivity contribution in [3.05, 3.63) is 0 Å². The Bertz CT molecular complexity index is 199. The number of hydrogen-bond donors (Lipinski definition) is 1. The first-order valence-corrected chi connectivity index (χ1v) is 7.18. The number of nitrogens with one attached hydrogen (secondary N) is 1. The van der Waals surface area contributed by atoms with E-state index >= 15 is 0 Å². The van der Waals surface area contributed by atoms with E-state index in [1.165, 1.54) is 58.2 Å². The molecule has 1 N–H and O–H groups in total. The third-order valence-corrected chi connectivity index (χ3v) is 4.62. The minimum Gasteiger partial charge on any atom is -0.315 e. The van der Waals surface area contributed by atoms with Crippen LogP contribution in [0.3, 0.4) is 0 Å². The Morgan fingerprint density at radius 3 is 2.56 bits per heavy atom. The largest absolute Gasteiger partial charge is 0.315 e. The van der Waals surface area contributed by atoms with Gasteiger partial charge in [-0.3, -0.25) is 0 Å². The third kappa shape index (κ3) is 3.21. The molecule has 2 heteroatoms. The van der Waals surface area contributed by atoms with Crippen LogP contribution in [0.2, 0.25) is 0 Å². The summed E-state index contributed by atoms with van der Waals surface area (Å²) in [7, 11) is 2.34. The van der Waals surface area contributed by atoms with Gasteiger partial charge in [-0.05, 0) is 44.7 Å². The van der Waals surface area contributed by atoms with Crippen LogP contribution in [0.5, 0.6) is 0 Å². The van der Waals surface area contributed by atoms with Gasteiger partial charge < -0.3 is 10.2 Å². The van der Waals surface area contributed by atoms with E-state index in [1.54, 1.807) is 0 Å². The molecule has 2 fully saturated rings. The van der Waals surface area contributed by atoms with Crippen LogP contribution in [0.4, 0.5) is 0 Å². The molecule has 2 aliphatic rings. The Labute approximate surface area is 101 Å². The Hall–Kier alpha value is -0.0800. The normalized spacial score (nSPS) is 33.2. The second-order valence-corrected chi connectivity index (χ2v) is 5.98. The molecule has 1 aliphatic carbocycles. The van der Waals surface area contributed by atoms with Crippen LogP contribution in [-0.2, 0) is 0 Å². The van der Waals surface area contributed by atoms with E-state index in [0.29, 0.717) is 0 Å². The van der Waals surface area contributed by atoms with Crippen LogP contribution in [0.1, 0.15) is 45.4 Å². The fourth-order valence-electron chi connectivity index (χ4n) is 3.48. The first-order valence-electron chi connectivity index (χ1n) is 7.18. The quantitative estimate of drug-likeness (QED) is 0.792. The Balaban J connectivity index is 1.78. The predicted molar refractivity (Wildman–Crippen MR) is 69.6 cm³/mol. The molecule has 94 valence electrons. The van der Waals surface area contributed by atoms with Crippen LogP contribution < -0.4 is 5.32 Å². The van der Waals surface area contributed by atoms with Gasteiger partial charge in [0.2, 0.25) is 0 Å². The monoisotopic (exact) mass is 224 g/mol. The van der Waals surface area contributed by atoms with Gasteiger partial charge >= 0.3 is 0 Å². The molecule has 0 aromatic rings. The zero-order valence-electron chi connectivity index (χ0n) is 11.0. The van der Waals surface area contributed by atoms with Crippen molar-refractivity contribution in [1.82, 2.24) is 10.2 Å². The maximum atomic E-state index is 3.54. The van der Waals surface area contributed by atoms with E-state index in [0.717, 1.165) is 17.9 Å². The zero-order chi connectivity index (χ0) is 11.4. The summed E-state index contributed by atoms with van der Waals surface area (Å²) in [4.78, 5) is 2.63. The average Bonchev–Trinajstić information content (AvgIpc) is 2.31. The molecular weight excluding hydrogens is 196 g/mol. The van der Waals surface area contributed by atoms with Crippen molar-refractivity contribution >= 4 is 0 Å². The topological polar surface area (TPSA) is 15.3 Å². The highest BCUT2D eigenvalue weighted by molar-refractivity contribution is 4.83. The van der Waals surface area contributed by atoms with Gasteiger partial charge in [-0.1, -0.05) is 26.2 Å². The maximum absolute atomic E-state index is 3.54. The highest BCUT2D eigenvalue weighted by atomic mass is 15.2. The molecule has 2 atom stereocenters. The summed E-state index contributed by atoms with van der Waals surface area (Å²) < 4.78 is 0. The van der Waals surface area contributed by atoms with E-state index in [4.69, 9.17) is 0 Å². The van der Waals surface area contributed by atoms with Crippen molar-refractivity contribution in [1.29, 1.82) is 0 Å². The van der Waals surface area contributed by atoms with Crippen molar-refractivity contribution in [2.45, 2.75) is 51.5 Å². The van der Waals surface area contributed by atoms with Gasteiger partial charge in [-0.2, -0.15) is 0 Å². The molecule has 2 rings (SSSR count). The second kappa shape index (κ2) is 6.02. The molecule has 0 spiro atoms. The lowest BCUT2D eigenvalue weighted by Gasteiger charge is -2.39. The average molecular weight is 224 g/mol. The van der Waals surface area contributed by atoms with Crippen molar-refractivity contribution in [3.63, 3.8) is 0 Å². The smallest absolute Gasteiger partial charge is 0.0243 e. The molecule has 1 heterocycles. The van der Waals surface area contributed by atoms with Crippen molar-refractivity contribution in [2.24, 2.45) is 11.8 Å². The summed E-state index contributed by atoms with van der Waals surface area (Å²) in [6, 6.07) is 0.774. The van der Waals surface area contributed by atoms with Gasteiger partial charge in [-0.25, -0.2) is 0 Å². The van der Waals surface area contributed by atoms with Crippen LogP contribution in [-0.4, -0.2) is 37.6 Å². The predicted octanol–water partition coefficient (Wildman–Crippen LogP) is 2.50. The molecule has 1 saturated heterocycles. The highest BCUT2D eigenvalue weighted by Crippen LogP contribution is 2.26. The van der Waals surface area contributed by atoms with Gasteiger partial charge in [0.25, 0.3) is 0 Å². The molecule has 0 radical (unpaired) electrons. The van der Waals surface area contributed by atoms with E-state index in [2.05, 4.69) is 24.2 Å². The Morgan fingerprint density at radius 2 is 1.88 bits per heavy atom. The molecule has 16 heavy (non-hydrogen) atoms. The number of piperidine rings is 1. The molecule has 2 unspecified atom stereocenters. The molecule has 0 aromatic carbocycles. The van der Waals surface area contributed by atoms with E-state index < -0.39 is 0 Å². The Morgan fingerprint density at radius 1 is 1.12 bits per heavy atom. The van der Waals surface area contributed by atoms with Crippen molar-refractivity contribution in [2.75, 3.05) is 26.7 Å². The summed E-state index contributed by atoms with van der Waals surface area (Å²) in [6.45, 7) is 6.17. The summed E-state index contributed by atoms with van der Waals surface area (Å²) in [5, 5.41) is 3.54. The lowest BCUT2D eigenvalue weighted by atomic mass is 9.87. The fourth-order valence-corrected chi connectivity index (χ4v) is 3.48. The fraction of sp³-hybridized carbons (Fsp3) is 1.00. The van der Waals surface area contributed by atoms with Gasteiger partial charge in [0.15, 0.2) is 0 Å². The first-order chi connectivity index (χ1) is 7.77. The van der Waals surface area contributed by atoms with Crippen LogP contribution >= 0.6 is 0 Å². The summed E-state index contributed by atoms with van der Waals surface area (Å²) in [5.41, 5.74) is 0. The van der Waals surface area contributed by atoms with Crippen LogP contribution in [0, 0.1) is 11.8 Å². The molecule has 1 saturated carbocycles. The molecule has 0 bridgehead atoms. The Kier molecular flexibility index (Phi) is 4.66. The van der Waals surface area contributed by atoms with E-state index in [1.807, 2.05) is 0 Å². The second-order valence-electron chi connectivity index (χ2n) is 5.98. The molecular formula is C14H28N2. The van der Waals surface area contributed by atoms with Gasteiger partial charge in [-0.15, -0.1) is 0 Å². The summed E-state index contributed by atoms with van der Waals surface area (Å²) in [5.74, 6) is 1.85. The SMILES string of the molecule is CC1CCNCC1N(C)CC1CCCCC1. The minimum absolute atomic E-state index is 0.774. The maximum Gasteiger partial charge on any atom is 0.0243 e. The number of likely N-dealkylation sites (N-methyl/N-ethyl adjacent to an activating group) is 1. The molecule has 0 amide bonds. The van der Waals surface area contributed by atoms with E-state index in [9.17, 15) is 0 Å². The molecule has 0 aromatic heterocycles. The summed E-state index contributed by atoms with van der Waals surface area (Å²) in [6.07, 6.45) is 8.70. The number of nitrogens with zero attached hydrogens (tertiary/aromatic N) is 1. The zero-order valence-corrected chi connectivity index (χ0v) is 11.0. The number of rotatable bonds is 3.